The van der Waals surface area contributed by atoms with E-state index < -0.39 is 0 Å². The minimum Gasteiger partial charge on any atom is -0.380 e. The molecule has 116 valence electrons. The highest BCUT2D eigenvalue weighted by Crippen LogP contribution is 2.24. The molecule has 0 bridgehead atoms. The van der Waals surface area contributed by atoms with Crippen molar-refractivity contribution in [1.82, 2.24) is 15.5 Å². The molecule has 0 aromatic rings. The molecule has 2 aliphatic rings. The summed E-state index contributed by atoms with van der Waals surface area (Å²) in [6.07, 6.45) is 3.67. The molecule has 5 nitrogen and oxygen atoms in total. The van der Waals surface area contributed by atoms with Gasteiger partial charge in [-0.2, -0.15) is 0 Å². The Kier molecular flexibility index (Phi) is 5.66. The van der Waals surface area contributed by atoms with E-state index in [0.29, 0.717) is 6.04 Å². The average Bonchev–Trinajstić information content (AvgIpc) is 2.43. The third kappa shape index (κ3) is 4.35. The smallest absolute Gasteiger partial charge is 0.191 e. The molecule has 0 atom stereocenters. The summed E-state index contributed by atoms with van der Waals surface area (Å²) < 4.78 is 5.28. The lowest BCUT2D eigenvalue weighted by atomic mass is 9.89. The van der Waals surface area contributed by atoms with Gasteiger partial charge in [-0.3, -0.25) is 4.99 Å². The van der Waals surface area contributed by atoms with Crippen LogP contribution in [0.3, 0.4) is 0 Å². The van der Waals surface area contributed by atoms with E-state index in [-0.39, 0.29) is 5.41 Å². The summed E-state index contributed by atoms with van der Waals surface area (Å²) in [6.45, 7) is 10.8. The van der Waals surface area contributed by atoms with E-state index in [1.807, 2.05) is 7.05 Å². The van der Waals surface area contributed by atoms with Gasteiger partial charge in [-0.25, -0.2) is 0 Å². The molecule has 20 heavy (non-hydrogen) atoms. The molecule has 0 saturated carbocycles. The summed E-state index contributed by atoms with van der Waals surface area (Å²) in [6, 6.07) is 0.555. The summed E-state index contributed by atoms with van der Waals surface area (Å²) >= 11 is 0. The van der Waals surface area contributed by atoms with Gasteiger partial charge in [0.1, 0.15) is 0 Å². The molecule has 2 aliphatic heterocycles. The van der Waals surface area contributed by atoms with E-state index in [1.54, 1.807) is 0 Å². The van der Waals surface area contributed by atoms with Crippen molar-refractivity contribution in [2.24, 2.45) is 10.4 Å². The summed E-state index contributed by atoms with van der Waals surface area (Å²) in [7, 11) is 1.85. The number of nitrogens with zero attached hydrogens (tertiary/aromatic N) is 2. The molecule has 0 spiro atoms. The first-order chi connectivity index (χ1) is 9.65. The van der Waals surface area contributed by atoms with Gasteiger partial charge < -0.3 is 20.3 Å². The van der Waals surface area contributed by atoms with Gasteiger partial charge in [0.2, 0.25) is 0 Å². The molecule has 0 aromatic heterocycles. The van der Waals surface area contributed by atoms with Crippen LogP contribution in [-0.2, 0) is 4.74 Å². The Morgan fingerprint density at radius 1 is 1.35 bits per heavy atom. The summed E-state index contributed by atoms with van der Waals surface area (Å²) in [5.74, 6) is 0.937. The van der Waals surface area contributed by atoms with Crippen LogP contribution in [0.5, 0.6) is 0 Å². The van der Waals surface area contributed by atoms with Gasteiger partial charge in [-0.05, 0) is 25.8 Å². The monoisotopic (exact) mass is 282 g/mol. The lowest BCUT2D eigenvalue weighted by molar-refractivity contribution is -0.0971. The normalized spacial score (nSPS) is 24.2. The predicted molar refractivity (Wildman–Crippen MR) is 83.2 cm³/mol. The highest BCUT2D eigenvalue weighted by atomic mass is 16.5. The Morgan fingerprint density at radius 2 is 2.05 bits per heavy atom. The van der Waals surface area contributed by atoms with Crippen LogP contribution in [0, 0.1) is 5.41 Å². The zero-order valence-corrected chi connectivity index (χ0v) is 13.2. The number of hydrogen-bond acceptors (Lipinski definition) is 3. The van der Waals surface area contributed by atoms with Crippen molar-refractivity contribution in [3.05, 3.63) is 0 Å². The van der Waals surface area contributed by atoms with Gasteiger partial charge in [0.25, 0.3) is 0 Å². The maximum Gasteiger partial charge on any atom is 0.191 e. The Balaban J connectivity index is 1.68. The predicted octanol–water partition coefficient (Wildman–Crippen LogP) is 1.06. The second-order valence-corrected chi connectivity index (χ2v) is 6.49. The van der Waals surface area contributed by atoms with Crippen molar-refractivity contribution in [3.63, 3.8) is 0 Å². The summed E-state index contributed by atoms with van der Waals surface area (Å²) in [5, 5.41) is 7.00. The summed E-state index contributed by atoms with van der Waals surface area (Å²) in [5.41, 5.74) is 0.280. The minimum atomic E-state index is 0.280. The standard InChI is InChI=1S/C15H30N4O/c1-4-7-19-8-5-13(6-9-19)18-14(16-3)17-10-15(2)11-20-12-15/h13H,4-12H2,1-3H3,(H2,16,17,18). The van der Waals surface area contributed by atoms with Gasteiger partial charge in [0.05, 0.1) is 13.2 Å². The minimum absolute atomic E-state index is 0.280. The molecule has 0 amide bonds. The number of hydrogen-bond donors (Lipinski definition) is 2. The number of rotatable bonds is 5. The van der Waals surface area contributed by atoms with Crippen molar-refractivity contribution >= 4 is 5.96 Å². The van der Waals surface area contributed by atoms with E-state index in [1.165, 1.54) is 38.9 Å². The molecule has 2 saturated heterocycles. The summed E-state index contributed by atoms with van der Waals surface area (Å²) in [4.78, 5) is 6.90. The number of guanidine groups is 1. The number of ether oxygens (including phenoxy) is 1. The van der Waals surface area contributed by atoms with Crippen molar-refractivity contribution < 1.29 is 4.74 Å². The molecule has 0 radical (unpaired) electrons. The molecule has 2 rings (SSSR count). The first-order valence-corrected chi connectivity index (χ1v) is 7.92. The molecular weight excluding hydrogens is 252 g/mol. The molecular formula is C15H30N4O. The van der Waals surface area contributed by atoms with Crippen LogP contribution < -0.4 is 10.6 Å². The van der Waals surface area contributed by atoms with Crippen LogP contribution >= 0.6 is 0 Å². The topological polar surface area (TPSA) is 48.9 Å². The van der Waals surface area contributed by atoms with Crippen LogP contribution in [0.15, 0.2) is 4.99 Å². The zero-order chi connectivity index (χ0) is 14.4. The van der Waals surface area contributed by atoms with E-state index in [2.05, 4.69) is 34.4 Å². The van der Waals surface area contributed by atoms with Gasteiger partial charge >= 0.3 is 0 Å². The van der Waals surface area contributed by atoms with Gasteiger partial charge in [0.15, 0.2) is 5.96 Å². The maximum atomic E-state index is 5.28. The Morgan fingerprint density at radius 3 is 2.55 bits per heavy atom. The first-order valence-electron chi connectivity index (χ1n) is 7.92. The second-order valence-electron chi connectivity index (χ2n) is 6.49. The molecule has 2 N–H and O–H groups in total. The second kappa shape index (κ2) is 7.27. The van der Waals surface area contributed by atoms with Crippen molar-refractivity contribution in [3.8, 4) is 0 Å². The maximum absolute atomic E-state index is 5.28. The first kappa shape index (κ1) is 15.6. The number of likely N-dealkylation sites (tertiary alicyclic amines) is 1. The van der Waals surface area contributed by atoms with Crippen LogP contribution in [0.1, 0.15) is 33.1 Å². The fraction of sp³-hybridized carbons (Fsp3) is 0.933. The van der Waals surface area contributed by atoms with Crippen molar-refractivity contribution in [2.45, 2.75) is 39.2 Å². The van der Waals surface area contributed by atoms with E-state index in [9.17, 15) is 0 Å². The molecule has 2 heterocycles. The number of aliphatic imine (C=N–C) groups is 1. The highest BCUT2D eigenvalue weighted by molar-refractivity contribution is 5.80. The van der Waals surface area contributed by atoms with Crippen molar-refractivity contribution in [2.75, 3.05) is 46.4 Å². The largest absolute Gasteiger partial charge is 0.380 e. The molecule has 2 fully saturated rings. The van der Waals surface area contributed by atoms with Gasteiger partial charge in [-0.1, -0.05) is 13.8 Å². The Labute approximate surface area is 123 Å². The lowest BCUT2D eigenvalue weighted by Crippen LogP contribution is -2.53. The van der Waals surface area contributed by atoms with E-state index in [4.69, 9.17) is 4.74 Å². The highest BCUT2D eigenvalue weighted by Gasteiger charge is 2.33. The fourth-order valence-electron chi connectivity index (χ4n) is 2.85. The van der Waals surface area contributed by atoms with Crippen LogP contribution in [-0.4, -0.2) is 63.3 Å². The van der Waals surface area contributed by atoms with E-state index in [0.717, 1.165) is 25.7 Å². The average molecular weight is 282 g/mol. The molecule has 0 unspecified atom stereocenters. The third-order valence-electron chi connectivity index (χ3n) is 4.28. The fourth-order valence-corrected chi connectivity index (χ4v) is 2.85. The SMILES string of the molecule is CCCN1CCC(NC(=NC)NCC2(C)COC2)CC1. The van der Waals surface area contributed by atoms with Crippen LogP contribution in [0.4, 0.5) is 0 Å². The van der Waals surface area contributed by atoms with Crippen molar-refractivity contribution in [1.29, 1.82) is 0 Å². The van der Waals surface area contributed by atoms with Crippen LogP contribution in [0.25, 0.3) is 0 Å². The Bertz CT molecular complexity index is 320. The van der Waals surface area contributed by atoms with Gasteiger partial charge in [-0.15, -0.1) is 0 Å². The Hall–Kier alpha value is -0.810. The van der Waals surface area contributed by atoms with Crippen LogP contribution in [0.2, 0.25) is 0 Å². The third-order valence-corrected chi connectivity index (χ3v) is 4.28. The lowest BCUT2D eigenvalue weighted by Gasteiger charge is -2.39. The quantitative estimate of drug-likeness (QED) is 0.585. The molecule has 0 aromatic carbocycles. The molecule has 0 aliphatic carbocycles. The number of piperidine rings is 1. The molecule has 5 heteroatoms. The number of nitrogens with one attached hydrogen (secondary N) is 2. The zero-order valence-electron chi connectivity index (χ0n) is 13.2. The van der Waals surface area contributed by atoms with Gasteiger partial charge in [0, 0.05) is 38.1 Å². The van der Waals surface area contributed by atoms with E-state index >= 15 is 0 Å².